The van der Waals surface area contributed by atoms with E-state index in [1.807, 2.05) is 30.3 Å². The van der Waals surface area contributed by atoms with Crippen LogP contribution in [0.25, 0.3) is 11.4 Å². The van der Waals surface area contributed by atoms with E-state index >= 15 is 0 Å². The van der Waals surface area contributed by atoms with Crippen molar-refractivity contribution in [3.05, 3.63) is 60.5 Å². The van der Waals surface area contributed by atoms with Crippen molar-refractivity contribution in [2.24, 2.45) is 0 Å². The lowest BCUT2D eigenvalue weighted by molar-refractivity contribution is -0.117. The van der Waals surface area contributed by atoms with Gasteiger partial charge in [-0.05, 0) is 30.7 Å². The van der Waals surface area contributed by atoms with Gasteiger partial charge in [0.15, 0.2) is 0 Å². The van der Waals surface area contributed by atoms with Crippen molar-refractivity contribution < 1.29 is 17.7 Å². The molecule has 4 rings (SSSR count). The van der Waals surface area contributed by atoms with Gasteiger partial charge in [-0.1, -0.05) is 35.5 Å². The van der Waals surface area contributed by atoms with Gasteiger partial charge in [-0.15, -0.1) is 0 Å². The number of sulfonamides is 1. The average molecular weight is 412 g/mol. The number of benzene rings is 2. The van der Waals surface area contributed by atoms with E-state index in [0.29, 0.717) is 24.5 Å². The van der Waals surface area contributed by atoms with Crippen LogP contribution in [0.1, 0.15) is 18.7 Å². The molecular formula is C20H20N4O4S. The van der Waals surface area contributed by atoms with E-state index in [9.17, 15) is 13.2 Å². The Kier molecular flexibility index (Phi) is 5.16. The number of carbonyl (C=O) groups excluding carboxylic acids is 1. The molecule has 0 bridgehead atoms. The Morgan fingerprint density at radius 1 is 1.10 bits per heavy atom. The van der Waals surface area contributed by atoms with E-state index in [4.69, 9.17) is 4.52 Å². The Labute approximate surface area is 168 Å². The second-order valence-electron chi connectivity index (χ2n) is 6.78. The Balaban J connectivity index is 1.48. The third kappa shape index (κ3) is 3.92. The molecule has 0 aliphatic carbocycles. The zero-order chi connectivity index (χ0) is 20.4. The second kappa shape index (κ2) is 7.76. The fourth-order valence-corrected chi connectivity index (χ4v) is 4.32. The number of anilines is 1. The normalized spacial score (nSPS) is 14.7. The van der Waals surface area contributed by atoms with Gasteiger partial charge in [-0.3, -0.25) is 4.79 Å². The van der Waals surface area contributed by atoms with Crippen LogP contribution in [0.4, 0.5) is 5.69 Å². The average Bonchev–Trinajstić information content (AvgIpc) is 3.38. The fraction of sp³-hybridized carbons (Fsp3) is 0.250. The van der Waals surface area contributed by atoms with Gasteiger partial charge in [0, 0.05) is 31.3 Å². The van der Waals surface area contributed by atoms with Crippen LogP contribution in [0.3, 0.4) is 0 Å². The molecule has 8 nitrogen and oxygen atoms in total. The molecule has 0 unspecified atom stereocenters. The summed E-state index contributed by atoms with van der Waals surface area (Å²) in [5.41, 5.74) is 1.50. The summed E-state index contributed by atoms with van der Waals surface area (Å²) in [6.07, 6.45) is 1.34. The molecule has 1 fully saturated rings. The minimum atomic E-state index is -3.74. The predicted octanol–water partition coefficient (Wildman–Crippen LogP) is 2.68. The maximum atomic E-state index is 12.9. The molecule has 0 spiro atoms. The van der Waals surface area contributed by atoms with E-state index in [1.165, 1.54) is 19.2 Å². The highest BCUT2D eigenvalue weighted by atomic mass is 32.2. The molecule has 1 saturated heterocycles. The summed E-state index contributed by atoms with van der Waals surface area (Å²) in [6, 6.07) is 15.6. The number of rotatable bonds is 6. The van der Waals surface area contributed by atoms with Crippen LogP contribution >= 0.6 is 0 Å². The van der Waals surface area contributed by atoms with Crippen molar-refractivity contribution in [3.8, 4) is 11.4 Å². The van der Waals surface area contributed by atoms with E-state index in [2.05, 4.69) is 10.1 Å². The molecule has 29 heavy (non-hydrogen) atoms. The Hall–Kier alpha value is -3.04. The molecule has 9 heteroatoms. The summed E-state index contributed by atoms with van der Waals surface area (Å²) in [5, 5.41) is 3.91. The Morgan fingerprint density at radius 3 is 2.48 bits per heavy atom. The molecule has 1 aromatic heterocycles. The van der Waals surface area contributed by atoms with E-state index in [0.717, 1.165) is 16.3 Å². The second-order valence-corrected chi connectivity index (χ2v) is 8.83. The van der Waals surface area contributed by atoms with Gasteiger partial charge < -0.3 is 9.42 Å². The molecule has 1 aliphatic heterocycles. The topological polar surface area (TPSA) is 96.6 Å². The summed E-state index contributed by atoms with van der Waals surface area (Å²) < 4.78 is 32.1. The van der Waals surface area contributed by atoms with Crippen LogP contribution in [0.5, 0.6) is 0 Å². The monoisotopic (exact) mass is 412 g/mol. The maximum absolute atomic E-state index is 12.9. The summed E-state index contributed by atoms with van der Waals surface area (Å²) in [6.45, 7) is 0.611. The van der Waals surface area contributed by atoms with Gasteiger partial charge in [0.1, 0.15) is 0 Å². The molecule has 0 atom stereocenters. The van der Waals surface area contributed by atoms with Crippen molar-refractivity contribution in [2.75, 3.05) is 18.5 Å². The quantitative estimate of drug-likeness (QED) is 0.618. The zero-order valence-corrected chi connectivity index (χ0v) is 16.7. The highest BCUT2D eigenvalue weighted by Gasteiger charge is 2.25. The highest BCUT2D eigenvalue weighted by molar-refractivity contribution is 7.89. The van der Waals surface area contributed by atoms with Crippen molar-refractivity contribution in [2.45, 2.75) is 24.3 Å². The lowest BCUT2D eigenvalue weighted by Crippen LogP contribution is -2.27. The third-order valence-electron chi connectivity index (χ3n) is 4.79. The maximum Gasteiger partial charge on any atom is 0.243 e. The molecule has 0 saturated carbocycles. The van der Waals surface area contributed by atoms with Crippen LogP contribution in [0.2, 0.25) is 0 Å². The smallest absolute Gasteiger partial charge is 0.243 e. The number of carbonyl (C=O) groups is 1. The largest absolute Gasteiger partial charge is 0.338 e. The molecule has 3 aromatic rings. The number of hydrogen-bond donors (Lipinski definition) is 0. The van der Waals surface area contributed by atoms with E-state index in [-0.39, 0.29) is 23.2 Å². The van der Waals surface area contributed by atoms with Gasteiger partial charge in [0.05, 0.1) is 11.4 Å². The molecule has 1 amide bonds. The van der Waals surface area contributed by atoms with Gasteiger partial charge in [0.25, 0.3) is 0 Å². The molecular weight excluding hydrogens is 392 g/mol. The third-order valence-corrected chi connectivity index (χ3v) is 6.61. The zero-order valence-electron chi connectivity index (χ0n) is 15.9. The van der Waals surface area contributed by atoms with Crippen molar-refractivity contribution >= 4 is 21.6 Å². The van der Waals surface area contributed by atoms with Crippen molar-refractivity contribution in [1.82, 2.24) is 14.4 Å². The lowest BCUT2D eigenvalue weighted by atomic mass is 10.2. The van der Waals surface area contributed by atoms with E-state index in [1.54, 1.807) is 17.0 Å². The summed E-state index contributed by atoms with van der Waals surface area (Å²) >= 11 is 0. The number of hydrogen-bond acceptors (Lipinski definition) is 6. The van der Waals surface area contributed by atoms with Crippen molar-refractivity contribution in [1.29, 1.82) is 0 Å². The minimum absolute atomic E-state index is 0.0471. The van der Waals surface area contributed by atoms with Gasteiger partial charge in [0.2, 0.25) is 27.6 Å². The van der Waals surface area contributed by atoms with Crippen LogP contribution in [0.15, 0.2) is 64.0 Å². The minimum Gasteiger partial charge on any atom is -0.338 e. The first-order chi connectivity index (χ1) is 13.9. The van der Waals surface area contributed by atoms with Crippen LogP contribution in [-0.2, 0) is 21.4 Å². The SMILES string of the molecule is CN(Cc1nc(-c2ccccc2)no1)S(=O)(=O)c1ccc(N2CCCC2=O)cc1. The predicted molar refractivity (Wildman–Crippen MR) is 106 cm³/mol. The first-order valence-electron chi connectivity index (χ1n) is 9.20. The summed E-state index contributed by atoms with van der Waals surface area (Å²) in [4.78, 5) is 17.9. The fourth-order valence-electron chi connectivity index (χ4n) is 3.20. The Bertz CT molecular complexity index is 1110. The van der Waals surface area contributed by atoms with Crippen molar-refractivity contribution in [3.63, 3.8) is 0 Å². The molecule has 2 aromatic carbocycles. The molecule has 0 N–H and O–H groups in total. The molecule has 150 valence electrons. The lowest BCUT2D eigenvalue weighted by Gasteiger charge is -2.18. The van der Waals surface area contributed by atoms with Gasteiger partial charge in [-0.25, -0.2) is 8.42 Å². The number of amides is 1. The highest BCUT2D eigenvalue weighted by Crippen LogP contribution is 2.25. The van der Waals surface area contributed by atoms with Gasteiger partial charge >= 0.3 is 0 Å². The molecule has 0 radical (unpaired) electrons. The summed E-state index contributed by atoms with van der Waals surface area (Å²) in [5.74, 6) is 0.670. The first kappa shape index (κ1) is 19.3. The number of aromatic nitrogens is 2. The van der Waals surface area contributed by atoms with Crippen LogP contribution in [-0.4, -0.2) is 42.4 Å². The van der Waals surface area contributed by atoms with E-state index < -0.39 is 10.0 Å². The molecule has 2 heterocycles. The Morgan fingerprint density at radius 2 is 1.83 bits per heavy atom. The molecule has 1 aliphatic rings. The summed E-state index contributed by atoms with van der Waals surface area (Å²) in [7, 11) is -2.29. The first-order valence-corrected chi connectivity index (χ1v) is 10.6. The standard InChI is InChI=1S/C20H20N4O4S/c1-23(14-18-21-20(22-28-18)15-6-3-2-4-7-15)29(26,27)17-11-9-16(10-12-17)24-13-5-8-19(24)25/h2-4,6-7,9-12H,5,8,13-14H2,1H3. The van der Waals surface area contributed by atoms with Gasteiger partial charge in [-0.2, -0.15) is 9.29 Å². The van der Waals surface area contributed by atoms with Crippen LogP contribution in [0, 0.1) is 0 Å². The number of nitrogens with zero attached hydrogens (tertiary/aromatic N) is 4. The van der Waals surface area contributed by atoms with Crippen LogP contribution < -0.4 is 4.90 Å².